The van der Waals surface area contributed by atoms with E-state index in [0.29, 0.717) is 5.69 Å². The Hall–Kier alpha value is -1.60. The summed E-state index contributed by atoms with van der Waals surface area (Å²) in [6, 6.07) is 3.91. The first-order valence-corrected chi connectivity index (χ1v) is 8.82. The zero-order valence-electron chi connectivity index (χ0n) is 13.4. The van der Waals surface area contributed by atoms with Gasteiger partial charge in [0, 0.05) is 12.1 Å². The van der Waals surface area contributed by atoms with Crippen molar-refractivity contribution >= 4 is 21.7 Å². The molecule has 0 bridgehead atoms. The van der Waals surface area contributed by atoms with Gasteiger partial charge in [-0.25, -0.2) is 17.9 Å². The molecule has 0 radical (unpaired) electrons. The topological polar surface area (TPSA) is 95.5 Å². The maximum atomic E-state index is 12.4. The van der Waals surface area contributed by atoms with Gasteiger partial charge in [0.25, 0.3) is 0 Å². The Labute approximate surface area is 132 Å². The Balaban J connectivity index is 3.29. The van der Waals surface area contributed by atoms with Gasteiger partial charge in [-0.3, -0.25) is 0 Å². The van der Waals surface area contributed by atoms with Gasteiger partial charge in [-0.15, -0.1) is 0 Å². The fourth-order valence-electron chi connectivity index (χ4n) is 2.14. The van der Waals surface area contributed by atoms with Gasteiger partial charge in [-0.1, -0.05) is 13.3 Å². The van der Waals surface area contributed by atoms with E-state index in [-0.39, 0.29) is 22.5 Å². The second kappa shape index (κ2) is 7.60. The minimum atomic E-state index is -3.78. The predicted octanol–water partition coefficient (Wildman–Crippen LogP) is 2.67. The zero-order valence-corrected chi connectivity index (χ0v) is 14.2. The summed E-state index contributed by atoms with van der Waals surface area (Å²) >= 11 is 0. The van der Waals surface area contributed by atoms with Crippen LogP contribution in [0, 0.1) is 0 Å². The van der Waals surface area contributed by atoms with Crippen LogP contribution >= 0.6 is 0 Å². The van der Waals surface area contributed by atoms with Crippen molar-refractivity contribution in [2.45, 2.75) is 57.5 Å². The number of nitrogens with one attached hydrogen (secondary N) is 2. The highest BCUT2D eigenvalue weighted by atomic mass is 32.2. The van der Waals surface area contributed by atoms with Crippen LogP contribution in [0.3, 0.4) is 0 Å². The lowest BCUT2D eigenvalue weighted by atomic mass is 10.1. The zero-order chi connectivity index (χ0) is 16.9. The van der Waals surface area contributed by atoms with Gasteiger partial charge in [-0.2, -0.15) is 0 Å². The highest BCUT2D eigenvalue weighted by Crippen LogP contribution is 2.24. The number of carboxylic acid groups (broad SMARTS) is 1. The number of carbonyl (C=O) groups is 1. The van der Waals surface area contributed by atoms with Gasteiger partial charge in [-0.05, 0) is 45.4 Å². The van der Waals surface area contributed by atoms with E-state index in [0.717, 1.165) is 12.8 Å². The molecule has 0 aliphatic heterocycles. The predicted molar refractivity (Wildman–Crippen MR) is 86.9 cm³/mol. The molecule has 0 amide bonds. The van der Waals surface area contributed by atoms with Crippen LogP contribution in [0.15, 0.2) is 23.1 Å². The summed E-state index contributed by atoms with van der Waals surface area (Å²) in [6.07, 6.45) is 1.85. The second-order valence-corrected chi connectivity index (χ2v) is 7.31. The lowest BCUT2D eigenvalue weighted by molar-refractivity contribution is 0.0696. The Morgan fingerprint density at radius 3 is 2.41 bits per heavy atom. The fourth-order valence-corrected chi connectivity index (χ4v) is 3.59. The van der Waals surface area contributed by atoms with E-state index < -0.39 is 16.0 Å². The van der Waals surface area contributed by atoms with E-state index in [4.69, 9.17) is 5.11 Å². The lowest BCUT2D eigenvalue weighted by Crippen LogP contribution is -2.31. The van der Waals surface area contributed by atoms with Crippen LogP contribution in [0.1, 0.15) is 50.9 Å². The molecule has 0 aromatic heterocycles. The highest BCUT2D eigenvalue weighted by Gasteiger charge is 2.22. The summed E-state index contributed by atoms with van der Waals surface area (Å²) in [7, 11) is -3.78. The minimum Gasteiger partial charge on any atom is -0.478 e. The van der Waals surface area contributed by atoms with Gasteiger partial charge in [0.2, 0.25) is 10.0 Å². The van der Waals surface area contributed by atoms with Crippen LogP contribution in [-0.4, -0.2) is 31.6 Å². The first kappa shape index (κ1) is 18.4. The molecule has 0 spiro atoms. The van der Waals surface area contributed by atoms with Crippen molar-refractivity contribution < 1.29 is 18.3 Å². The molecule has 0 saturated carbocycles. The summed E-state index contributed by atoms with van der Waals surface area (Å²) < 4.78 is 27.4. The number of carboxylic acids is 1. The third-order valence-electron chi connectivity index (χ3n) is 3.03. The first-order valence-electron chi connectivity index (χ1n) is 7.33. The Bertz CT molecular complexity index is 626. The van der Waals surface area contributed by atoms with Crippen molar-refractivity contribution in [2.75, 3.05) is 5.32 Å². The van der Waals surface area contributed by atoms with Crippen LogP contribution in [0.5, 0.6) is 0 Å². The molecule has 0 aliphatic rings. The standard InChI is InChI=1S/C15H24N2O4S/c1-5-6-11(4)16-13-8-7-12(15(18)19)9-14(13)22(20,21)17-10(2)3/h7-11,16-17H,5-6H2,1-4H3,(H,18,19)/t11-/m0/s1. The van der Waals surface area contributed by atoms with E-state index in [9.17, 15) is 13.2 Å². The van der Waals surface area contributed by atoms with Crippen molar-refractivity contribution in [3.63, 3.8) is 0 Å². The molecule has 1 aromatic rings. The van der Waals surface area contributed by atoms with Crippen LogP contribution in [-0.2, 0) is 10.0 Å². The molecule has 1 aromatic carbocycles. The SMILES string of the molecule is CCC[C@H](C)Nc1ccc(C(=O)O)cc1S(=O)(=O)NC(C)C. The van der Waals surface area contributed by atoms with E-state index in [1.165, 1.54) is 18.2 Å². The van der Waals surface area contributed by atoms with E-state index >= 15 is 0 Å². The number of rotatable bonds is 8. The molecule has 0 saturated heterocycles. The maximum Gasteiger partial charge on any atom is 0.335 e. The Morgan fingerprint density at radius 2 is 1.91 bits per heavy atom. The number of hydrogen-bond donors (Lipinski definition) is 3. The fraction of sp³-hybridized carbons (Fsp3) is 0.533. The van der Waals surface area contributed by atoms with Gasteiger partial charge >= 0.3 is 5.97 Å². The summed E-state index contributed by atoms with van der Waals surface area (Å²) in [5.74, 6) is -1.16. The molecular weight excluding hydrogens is 304 g/mol. The summed E-state index contributed by atoms with van der Waals surface area (Å²) in [5.41, 5.74) is 0.358. The summed E-state index contributed by atoms with van der Waals surface area (Å²) in [5, 5.41) is 12.2. The van der Waals surface area contributed by atoms with Gasteiger partial charge in [0.1, 0.15) is 4.90 Å². The van der Waals surface area contributed by atoms with Crippen molar-refractivity contribution in [1.29, 1.82) is 0 Å². The second-order valence-electron chi connectivity index (χ2n) is 5.63. The molecule has 3 N–H and O–H groups in total. The van der Waals surface area contributed by atoms with E-state index in [2.05, 4.69) is 10.0 Å². The molecule has 0 heterocycles. The monoisotopic (exact) mass is 328 g/mol. The number of benzene rings is 1. The molecule has 124 valence electrons. The molecule has 0 fully saturated rings. The van der Waals surface area contributed by atoms with Gasteiger partial charge in [0.15, 0.2) is 0 Å². The number of anilines is 1. The quantitative estimate of drug-likeness (QED) is 0.682. The van der Waals surface area contributed by atoms with Gasteiger partial charge < -0.3 is 10.4 Å². The molecule has 7 heteroatoms. The van der Waals surface area contributed by atoms with Crippen molar-refractivity contribution in [2.24, 2.45) is 0 Å². The third kappa shape index (κ3) is 4.99. The maximum absolute atomic E-state index is 12.4. The molecular formula is C15H24N2O4S. The number of sulfonamides is 1. The molecule has 0 aliphatic carbocycles. The molecule has 1 rings (SSSR count). The number of hydrogen-bond acceptors (Lipinski definition) is 4. The Morgan fingerprint density at radius 1 is 1.27 bits per heavy atom. The smallest absolute Gasteiger partial charge is 0.335 e. The van der Waals surface area contributed by atoms with Gasteiger partial charge in [0.05, 0.1) is 11.3 Å². The Kier molecular flexibility index (Phi) is 6.37. The summed E-state index contributed by atoms with van der Waals surface area (Å²) in [6.45, 7) is 7.43. The average molecular weight is 328 g/mol. The van der Waals surface area contributed by atoms with Crippen LogP contribution in [0.4, 0.5) is 5.69 Å². The van der Waals surface area contributed by atoms with E-state index in [1.54, 1.807) is 13.8 Å². The lowest BCUT2D eigenvalue weighted by Gasteiger charge is -2.19. The average Bonchev–Trinajstić information content (AvgIpc) is 2.37. The first-order chi connectivity index (χ1) is 10.2. The molecule has 6 nitrogen and oxygen atoms in total. The minimum absolute atomic E-state index is 0.0379. The van der Waals surface area contributed by atoms with Crippen LogP contribution < -0.4 is 10.0 Å². The number of aromatic carboxylic acids is 1. The van der Waals surface area contributed by atoms with Crippen molar-refractivity contribution in [1.82, 2.24) is 4.72 Å². The summed E-state index contributed by atoms with van der Waals surface area (Å²) in [4.78, 5) is 11.1. The molecule has 0 unspecified atom stereocenters. The van der Waals surface area contributed by atoms with E-state index in [1.807, 2.05) is 13.8 Å². The molecule has 22 heavy (non-hydrogen) atoms. The van der Waals surface area contributed by atoms with Crippen molar-refractivity contribution in [3.05, 3.63) is 23.8 Å². The third-order valence-corrected chi connectivity index (χ3v) is 4.73. The van der Waals surface area contributed by atoms with Crippen LogP contribution in [0.25, 0.3) is 0 Å². The normalized spacial score (nSPS) is 13.1. The van der Waals surface area contributed by atoms with Crippen LogP contribution in [0.2, 0.25) is 0 Å². The molecule has 1 atom stereocenters. The van der Waals surface area contributed by atoms with Crippen molar-refractivity contribution in [3.8, 4) is 0 Å². The highest BCUT2D eigenvalue weighted by molar-refractivity contribution is 7.89. The largest absolute Gasteiger partial charge is 0.478 e.